The van der Waals surface area contributed by atoms with Gasteiger partial charge in [0.25, 0.3) is 11.8 Å². The van der Waals surface area contributed by atoms with Gasteiger partial charge in [-0.1, -0.05) is 78.3 Å². The molecule has 0 radical (unpaired) electrons. The van der Waals surface area contributed by atoms with Crippen LogP contribution in [0.3, 0.4) is 0 Å². The molecule has 0 fully saturated rings. The zero-order valence-corrected chi connectivity index (χ0v) is 23.0. The van der Waals surface area contributed by atoms with E-state index < -0.39 is 23.6 Å². The van der Waals surface area contributed by atoms with Crippen LogP contribution >= 0.6 is 11.6 Å². The molecule has 42 heavy (non-hydrogen) atoms. The van der Waals surface area contributed by atoms with Gasteiger partial charge in [0.15, 0.2) is 5.82 Å². The molecule has 0 saturated heterocycles. The highest BCUT2D eigenvalue weighted by atomic mass is 35.5. The summed E-state index contributed by atoms with van der Waals surface area (Å²) in [5, 5.41) is 6.18. The van der Waals surface area contributed by atoms with Gasteiger partial charge >= 0.3 is 6.18 Å². The van der Waals surface area contributed by atoms with Crippen LogP contribution in [-0.2, 0) is 19.8 Å². The zero-order valence-electron chi connectivity index (χ0n) is 22.2. The topological polar surface area (TPSA) is 76.0 Å². The van der Waals surface area contributed by atoms with Gasteiger partial charge in [0, 0.05) is 30.4 Å². The molecule has 0 aliphatic heterocycles. The van der Waals surface area contributed by atoms with Gasteiger partial charge in [-0.05, 0) is 58.1 Å². The van der Waals surface area contributed by atoms with Crippen LogP contribution < -0.4 is 10.6 Å². The molecule has 10 heteroatoms. The van der Waals surface area contributed by atoms with E-state index in [1.54, 1.807) is 31.3 Å². The summed E-state index contributed by atoms with van der Waals surface area (Å²) < 4.78 is 40.4. The minimum atomic E-state index is -4.46. The third-order valence-electron chi connectivity index (χ3n) is 6.60. The molecule has 212 valence electrons. The number of benzene rings is 4. The van der Waals surface area contributed by atoms with Crippen molar-refractivity contribution in [3.8, 4) is 22.3 Å². The van der Waals surface area contributed by atoms with Crippen molar-refractivity contribution in [1.82, 2.24) is 14.9 Å². The number of nitrogens with one attached hydrogen (secondary N) is 2. The van der Waals surface area contributed by atoms with E-state index in [4.69, 9.17) is 11.6 Å². The smallest absolute Gasteiger partial charge is 0.345 e. The summed E-state index contributed by atoms with van der Waals surface area (Å²) in [6, 6.07) is 26.4. The zero-order chi connectivity index (χ0) is 29.9. The minimum Gasteiger partial charge on any atom is -0.345 e. The van der Waals surface area contributed by atoms with Crippen LogP contribution in [0.4, 0.5) is 19.0 Å². The average molecular weight is 589 g/mol. The highest BCUT2D eigenvalue weighted by molar-refractivity contribution is 6.30. The van der Waals surface area contributed by atoms with Gasteiger partial charge in [-0.15, -0.1) is 0 Å². The summed E-state index contributed by atoms with van der Waals surface area (Å²) >= 11 is 5.96. The summed E-state index contributed by atoms with van der Waals surface area (Å²) in [6.45, 7) is 0.273. The van der Waals surface area contributed by atoms with Gasteiger partial charge in [0.2, 0.25) is 5.82 Å². The molecule has 6 nitrogen and oxygen atoms in total. The fourth-order valence-corrected chi connectivity index (χ4v) is 4.54. The maximum Gasteiger partial charge on any atom is 0.416 e. The first-order valence-corrected chi connectivity index (χ1v) is 13.2. The van der Waals surface area contributed by atoms with E-state index in [2.05, 4.69) is 15.6 Å². The van der Waals surface area contributed by atoms with Crippen LogP contribution in [0, 0.1) is 0 Å². The molecule has 2 amide bonds. The lowest BCUT2D eigenvalue weighted by molar-refractivity contribution is -0.137. The Hall–Kier alpha value is -4.89. The number of imidazole rings is 1. The Bertz CT molecular complexity index is 1730. The van der Waals surface area contributed by atoms with Crippen LogP contribution in [0.5, 0.6) is 0 Å². The predicted molar refractivity (Wildman–Crippen MR) is 156 cm³/mol. The van der Waals surface area contributed by atoms with Gasteiger partial charge in [-0.2, -0.15) is 13.2 Å². The fourth-order valence-electron chi connectivity index (χ4n) is 4.41. The van der Waals surface area contributed by atoms with E-state index >= 15 is 0 Å². The third kappa shape index (κ3) is 6.53. The number of hydrogen-bond acceptors (Lipinski definition) is 3. The molecular weight excluding hydrogens is 565 g/mol. The average Bonchev–Trinajstić information content (AvgIpc) is 3.36. The molecule has 0 saturated carbocycles. The Balaban J connectivity index is 1.24. The molecule has 2 N–H and O–H groups in total. The molecule has 4 aromatic carbocycles. The summed E-state index contributed by atoms with van der Waals surface area (Å²) in [5.41, 5.74) is 3.32. The Morgan fingerprint density at radius 1 is 0.810 bits per heavy atom. The first kappa shape index (κ1) is 28.6. The lowest BCUT2D eigenvalue weighted by Gasteiger charge is -2.11. The lowest BCUT2D eigenvalue weighted by atomic mass is 9.98. The molecule has 0 aliphatic carbocycles. The highest BCUT2D eigenvalue weighted by Crippen LogP contribution is 2.32. The Morgan fingerprint density at radius 3 is 2.05 bits per heavy atom. The number of hydrogen-bond donors (Lipinski definition) is 2. The lowest BCUT2D eigenvalue weighted by Crippen LogP contribution is -2.25. The van der Waals surface area contributed by atoms with Crippen molar-refractivity contribution in [2.45, 2.75) is 12.7 Å². The van der Waals surface area contributed by atoms with Gasteiger partial charge < -0.3 is 15.2 Å². The van der Waals surface area contributed by atoms with E-state index in [1.165, 1.54) is 22.9 Å². The SMILES string of the molecule is Cn1cc(NC(=O)c2ccccc2-c2ccc(C(F)(F)F)cc2)nc1C(=O)NCc1ccc(-c2ccc(Cl)cc2)cc1. The number of aryl methyl sites for hydroxylation is 1. The number of alkyl halides is 3. The number of anilines is 1. The van der Waals surface area contributed by atoms with Crippen molar-refractivity contribution in [2.24, 2.45) is 7.05 Å². The third-order valence-corrected chi connectivity index (χ3v) is 6.85. The number of carbonyl (C=O) groups excluding carboxylic acids is 2. The fraction of sp³-hybridized carbons (Fsp3) is 0.0938. The van der Waals surface area contributed by atoms with Crippen LogP contribution in [0.25, 0.3) is 22.3 Å². The summed E-state index contributed by atoms with van der Waals surface area (Å²) in [4.78, 5) is 30.3. The van der Waals surface area contributed by atoms with Crippen molar-refractivity contribution in [1.29, 1.82) is 0 Å². The van der Waals surface area contributed by atoms with E-state index in [0.29, 0.717) is 16.1 Å². The number of rotatable bonds is 7. The Kier molecular flexibility index (Phi) is 8.13. The second-order valence-corrected chi connectivity index (χ2v) is 9.96. The molecule has 0 atom stereocenters. The molecule has 1 heterocycles. The largest absolute Gasteiger partial charge is 0.416 e. The molecular formula is C32H24ClF3N4O2. The number of nitrogens with zero attached hydrogens (tertiary/aromatic N) is 2. The first-order valence-electron chi connectivity index (χ1n) is 12.8. The van der Waals surface area contributed by atoms with Crippen molar-refractivity contribution in [2.75, 3.05) is 5.32 Å². The molecule has 0 unspecified atom stereocenters. The van der Waals surface area contributed by atoms with Crippen LogP contribution in [0.15, 0.2) is 103 Å². The second-order valence-electron chi connectivity index (χ2n) is 9.52. The maximum absolute atomic E-state index is 13.1. The van der Waals surface area contributed by atoms with E-state index in [0.717, 1.165) is 28.8 Å². The van der Waals surface area contributed by atoms with Crippen molar-refractivity contribution >= 4 is 29.2 Å². The second kappa shape index (κ2) is 11.9. The van der Waals surface area contributed by atoms with Crippen molar-refractivity contribution in [3.63, 3.8) is 0 Å². The normalized spacial score (nSPS) is 11.3. The minimum absolute atomic E-state index is 0.0964. The predicted octanol–water partition coefficient (Wildman–Crippen LogP) is 7.61. The van der Waals surface area contributed by atoms with E-state index in [9.17, 15) is 22.8 Å². The number of carbonyl (C=O) groups is 2. The Labute approximate surface area is 244 Å². The van der Waals surface area contributed by atoms with Crippen LogP contribution in [0.1, 0.15) is 32.1 Å². The summed E-state index contributed by atoms with van der Waals surface area (Å²) in [6.07, 6.45) is -2.95. The van der Waals surface area contributed by atoms with Gasteiger partial charge in [-0.25, -0.2) is 4.98 Å². The first-order chi connectivity index (χ1) is 20.1. The molecule has 0 aliphatic rings. The van der Waals surface area contributed by atoms with Crippen molar-refractivity contribution < 1.29 is 22.8 Å². The summed E-state index contributed by atoms with van der Waals surface area (Å²) in [5.74, 6) is -0.692. The molecule has 0 bridgehead atoms. The standard InChI is InChI=1S/C32H24ClF3N4O2/c1-40-19-28(39-30(41)27-5-3-2-4-26(27)23-10-14-24(15-11-23)32(34,35)36)38-29(40)31(42)37-18-20-6-8-21(9-7-20)22-12-16-25(33)17-13-22/h2-17,19H,18H2,1H3,(H,37,42)(H,39,41). The van der Waals surface area contributed by atoms with Gasteiger partial charge in [-0.3, -0.25) is 9.59 Å². The summed E-state index contributed by atoms with van der Waals surface area (Å²) in [7, 11) is 1.63. The van der Waals surface area contributed by atoms with Gasteiger partial charge in [0.05, 0.1) is 5.56 Å². The number of halogens is 4. The van der Waals surface area contributed by atoms with Crippen LogP contribution in [0.2, 0.25) is 5.02 Å². The molecule has 5 aromatic rings. The van der Waals surface area contributed by atoms with E-state index in [-0.39, 0.29) is 23.8 Å². The van der Waals surface area contributed by atoms with Crippen molar-refractivity contribution in [3.05, 3.63) is 131 Å². The Morgan fingerprint density at radius 2 is 1.40 bits per heavy atom. The number of amides is 2. The van der Waals surface area contributed by atoms with Crippen LogP contribution in [-0.4, -0.2) is 21.4 Å². The molecule has 0 spiro atoms. The van der Waals surface area contributed by atoms with E-state index in [1.807, 2.05) is 48.5 Å². The quantitative estimate of drug-likeness (QED) is 0.205. The number of aromatic nitrogens is 2. The maximum atomic E-state index is 13.1. The monoisotopic (exact) mass is 588 g/mol. The molecule has 5 rings (SSSR count). The molecule has 1 aromatic heterocycles. The highest BCUT2D eigenvalue weighted by Gasteiger charge is 2.30. The van der Waals surface area contributed by atoms with Gasteiger partial charge in [0.1, 0.15) is 0 Å².